The molecule has 1 aliphatic rings. The van der Waals surface area contributed by atoms with Gasteiger partial charge in [0.05, 0.1) is 22.5 Å². The number of aromatic hydroxyl groups is 1. The number of halogens is 1. The molecule has 1 aromatic heterocycles. The number of aryl methyl sites for hydroxylation is 1. The van der Waals surface area contributed by atoms with E-state index in [9.17, 15) is 19.6 Å². The van der Waals surface area contributed by atoms with Crippen LogP contribution in [0.4, 0.5) is 15.8 Å². The number of carbonyl (C=O) groups is 1. The van der Waals surface area contributed by atoms with E-state index in [4.69, 9.17) is 0 Å². The number of benzene rings is 2. The predicted octanol–water partition coefficient (Wildman–Crippen LogP) is 4.11. The van der Waals surface area contributed by atoms with Crippen molar-refractivity contribution in [2.45, 2.75) is 19.8 Å². The smallest absolute Gasteiger partial charge is 0.227 e. The average Bonchev–Trinajstić information content (AvgIpc) is 2.74. The minimum atomic E-state index is -0.366. The van der Waals surface area contributed by atoms with E-state index < -0.39 is 0 Å². The highest BCUT2D eigenvalue weighted by molar-refractivity contribution is 5.97. The van der Waals surface area contributed by atoms with Gasteiger partial charge < -0.3 is 15.3 Å². The Morgan fingerprint density at radius 3 is 2.73 bits per heavy atom. The molecule has 0 unspecified atom stereocenters. The van der Waals surface area contributed by atoms with Gasteiger partial charge in [-0.2, -0.15) is 5.26 Å². The van der Waals surface area contributed by atoms with Crippen molar-refractivity contribution in [2.75, 3.05) is 23.3 Å². The molecule has 1 fully saturated rings. The van der Waals surface area contributed by atoms with Gasteiger partial charge >= 0.3 is 0 Å². The zero-order valence-electron chi connectivity index (χ0n) is 16.5. The summed E-state index contributed by atoms with van der Waals surface area (Å²) in [4.78, 5) is 19.0. The van der Waals surface area contributed by atoms with Crippen LogP contribution in [0.2, 0.25) is 0 Å². The lowest BCUT2D eigenvalue weighted by atomic mass is 9.94. The van der Waals surface area contributed by atoms with E-state index in [-0.39, 0.29) is 23.4 Å². The number of pyridine rings is 1. The molecule has 152 valence electrons. The second-order valence-electron chi connectivity index (χ2n) is 7.52. The summed E-state index contributed by atoms with van der Waals surface area (Å²) in [7, 11) is 0. The summed E-state index contributed by atoms with van der Waals surface area (Å²) >= 11 is 0. The van der Waals surface area contributed by atoms with Gasteiger partial charge in [-0.3, -0.25) is 9.78 Å². The molecule has 1 amide bonds. The Morgan fingerprint density at radius 1 is 1.30 bits per heavy atom. The third kappa shape index (κ3) is 3.64. The predicted molar refractivity (Wildman–Crippen MR) is 113 cm³/mol. The summed E-state index contributed by atoms with van der Waals surface area (Å²) in [6.45, 7) is 2.91. The number of fused-ring (bicyclic) bond motifs is 1. The van der Waals surface area contributed by atoms with E-state index in [0.29, 0.717) is 59.3 Å². The number of rotatable bonds is 3. The Kier molecular flexibility index (Phi) is 5.23. The lowest BCUT2D eigenvalue weighted by Gasteiger charge is -2.34. The van der Waals surface area contributed by atoms with Crippen molar-refractivity contribution in [3.63, 3.8) is 0 Å². The third-order valence-corrected chi connectivity index (χ3v) is 5.56. The summed E-state index contributed by atoms with van der Waals surface area (Å²) in [5, 5.41) is 22.8. The first-order chi connectivity index (χ1) is 14.5. The molecule has 0 atom stereocenters. The molecule has 1 saturated heterocycles. The first kappa shape index (κ1) is 19.6. The molecule has 0 aliphatic carbocycles. The van der Waals surface area contributed by atoms with Crippen molar-refractivity contribution in [1.29, 1.82) is 5.26 Å². The van der Waals surface area contributed by atoms with E-state index in [2.05, 4.69) is 16.4 Å². The van der Waals surface area contributed by atoms with Crippen LogP contribution in [0.3, 0.4) is 0 Å². The number of nitrogens with one attached hydrogen (secondary N) is 1. The number of piperidine rings is 1. The fourth-order valence-electron chi connectivity index (χ4n) is 4.02. The Hall–Kier alpha value is -3.66. The number of carbonyl (C=O) groups excluding carboxylic acids is 1. The molecule has 30 heavy (non-hydrogen) atoms. The van der Waals surface area contributed by atoms with Crippen LogP contribution in [0.15, 0.2) is 42.6 Å². The fourth-order valence-corrected chi connectivity index (χ4v) is 4.02. The molecule has 2 aromatic carbocycles. The van der Waals surface area contributed by atoms with Gasteiger partial charge in [-0.1, -0.05) is 12.1 Å². The molecule has 6 nitrogen and oxygen atoms in total. The first-order valence-corrected chi connectivity index (χ1v) is 9.80. The summed E-state index contributed by atoms with van der Waals surface area (Å²) in [5.74, 6) is -0.686. The topological polar surface area (TPSA) is 89.3 Å². The van der Waals surface area contributed by atoms with Crippen molar-refractivity contribution in [3.8, 4) is 11.8 Å². The Morgan fingerprint density at radius 2 is 2.03 bits per heavy atom. The van der Waals surface area contributed by atoms with Crippen molar-refractivity contribution in [1.82, 2.24) is 4.98 Å². The van der Waals surface area contributed by atoms with Crippen LogP contribution in [-0.2, 0) is 4.79 Å². The number of hydrogen-bond donors (Lipinski definition) is 2. The molecule has 3 aromatic rings. The zero-order valence-corrected chi connectivity index (χ0v) is 16.5. The zero-order chi connectivity index (χ0) is 21.3. The summed E-state index contributed by atoms with van der Waals surface area (Å²) in [6.07, 6.45) is 2.70. The Balaban J connectivity index is 1.56. The van der Waals surface area contributed by atoms with Gasteiger partial charge in [0.1, 0.15) is 17.6 Å². The highest BCUT2D eigenvalue weighted by Gasteiger charge is 2.28. The standard InChI is InChI=1S/C23H21FN4O2/c1-14-10-17(24)11-18-21(14)26-13-16(12-25)22(18)28-8-6-15(7-9-28)23(30)27-19-4-2-3-5-20(19)29/h2-5,10-11,13,15,29H,6-9H2,1H3,(H,27,30). The lowest BCUT2D eigenvalue weighted by Crippen LogP contribution is -2.38. The number of nitrogens with zero attached hydrogens (tertiary/aromatic N) is 3. The Bertz CT molecular complexity index is 1160. The maximum atomic E-state index is 14.1. The average molecular weight is 404 g/mol. The number of para-hydroxylation sites is 2. The molecular formula is C23H21FN4O2. The van der Waals surface area contributed by atoms with Gasteiger partial charge in [-0.05, 0) is 49.6 Å². The van der Waals surface area contributed by atoms with Crippen LogP contribution in [0, 0.1) is 30.0 Å². The molecule has 0 spiro atoms. The quantitative estimate of drug-likeness (QED) is 0.641. The van der Waals surface area contributed by atoms with Crippen molar-refractivity contribution >= 4 is 28.2 Å². The van der Waals surface area contributed by atoms with Gasteiger partial charge in [0.2, 0.25) is 5.91 Å². The number of phenolic OH excluding ortho intramolecular Hbond substituents is 1. The van der Waals surface area contributed by atoms with Crippen LogP contribution in [-0.4, -0.2) is 29.1 Å². The van der Waals surface area contributed by atoms with E-state index in [0.717, 1.165) is 0 Å². The van der Waals surface area contributed by atoms with Crippen molar-refractivity contribution in [2.24, 2.45) is 5.92 Å². The van der Waals surface area contributed by atoms with E-state index >= 15 is 0 Å². The maximum absolute atomic E-state index is 14.1. The number of hydrogen-bond acceptors (Lipinski definition) is 5. The Labute approximate surface area is 173 Å². The molecule has 1 aliphatic heterocycles. The highest BCUT2D eigenvalue weighted by atomic mass is 19.1. The van der Waals surface area contributed by atoms with E-state index in [1.807, 2.05) is 4.90 Å². The number of anilines is 2. The van der Waals surface area contributed by atoms with Crippen LogP contribution < -0.4 is 10.2 Å². The fraction of sp³-hybridized carbons (Fsp3) is 0.261. The van der Waals surface area contributed by atoms with Crippen LogP contribution in [0.1, 0.15) is 24.0 Å². The number of amides is 1. The normalized spacial score (nSPS) is 14.5. The van der Waals surface area contributed by atoms with E-state index in [1.165, 1.54) is 24.4 Å². The van der Waals surface area contributed by atoms with Gasteiger partial charge in [-0.25, -0.2) is 4.39 Å². The van der Waals surface area contributed by atoms with E-state index in [1.54, 1.807) is 25.1 Å². The minimum Gasteiger partial charge on any atom is -0.506 e. The van der Waals surface area contributed by atoms with Crippen LogP contribution in [0.5, 0.6) is 5.75 Å². The third-order valence-electron chi connectivity index (χ3n) is 5.56. The SMILES string of the molecule is Cc1cc(F)cc2c(N3CCC(C(=O)Nc4ccccc4O)CC3)c(C#N)cnc12. The summed E-state index contributed by atoms with van der Waals surface area (Å²) in [6, 6.07) is 11.6. The van der Waals surface area contributed by atoms with Crippen molar-refractivity contribution in [3.05, 3.63) is 59.5 Å². The van der Waals surface area contributed by atoms with Gasteiger partial charge in [0.15, 0.2) is 0 Å². The summed E-state index contributed by atoms with van der Waals surface area (Å²) < 4.78 is 14.1. The maximum Gasteiger partial charge on any atom is 0.227 e. The molecule has 0 bridgehead atoms. The molecule has 7 heteroatoms. The second kappa shape index (κ2) is 7.99. The summed E-state index contributed by atoms with van der Waals surface area (Å²) in [5.41, 5.74) is 2.84. The molecule has 2 heterocycles. The van der Waals surface area contributed by atoms with Gasteiger partial charge in [0, 0.05) is 30.6 Å². The molecule has 0 radical (unpaired) electrons. The van der Waals surface area contributed by atoms with Gasteiger partial charge in [0.25, 0.3) is 0 Å². The van der Waals surface area contributed by atoms with Crippen LogP contribution in [0.25, 0.3) is 10.9 Å². The minimum absolute atomic E-state index is 0.0302. The van der Waals surface area contributed by atoms with Crippen molar-refractivity contribution < 1.29 is 14.3 Å². The molecule has 2 N–H and O–H groups in total. The monoisotopic (exact) mass is 404 g/mol. The number of phenols is 1. The van der Waals surface area contributed by atoms with Crippen LogP contribution >= 0.6 is 0 Å². The molecule has 4 rings (SSSR count). The first-order valence-electron chi connectivity index (χ1n) is 9.80. The van der Waals surface area contributed by atoms with Gasteiger partial charge in [-0.15, -0.1) is 0 Å². The lowest BCUT2D eigenvalue weighted by molar-refractivity contribution is -0.120. The number of nitriles is 1. The number of aromatic nitrogens is 1. The largest absolute Gasteiger partial charge is 0.506 e. The molecule has 0 saturated carbocycles. The molecular weight excluding hydrogens is 383 g/mol. The second-order valence-corrected chi connectivity index (χ2v) is 7.52. The highest BCUT2D eigenvalue weighted by Crippen LogP contribution is 2.34.